The van der Waals surface area contributed by atoms with E-state index in [1.54, 1.807) is 29.2 Å². The Morgan fingerprint density at radius 1 is 0.933 bits per heavy atom. The molecule has 4 rings (SSSR count). The predicted molar refractivity (Wildman–Crippen MR) is 120 cm³/mol. The molecule has 1 atom stereocenters. The number of fused-ring (bicyclic) bond motifs is 1. The Balaban J connectivity index is 1.54. The van der Waals surface area contributed by atoms with E-state index in [1.165, 1.54) is 0 Å². The van der Waals surface area contributed by atoms with E-state index in [2.05, 4.69) is 10.6 Å². The monoisotopic (exact) mass is 419 g/mol. The molecular formula is C24H22ClN3O2. The van der Waals surface area contributed by atoms with Crippen molar-refractivity contribution >= 4 is 34.9 Å². The number of anilines is 2. The van der Waals surface area contributed by atoms with Crippen LogP contribution >= 0.6 is 11.6 Å². The van der Waals surface area contributed by atoms with Crippen LogP contribution in [0.25, 0.3) is 0 Å². The van der Waals surface area contributed by atoms with Gasteiger partial charge in [-0.15, -0.1) is 0 Å². The number of benzene rings is 3. The van der Waals surface area contributed by atoms with Gasteiger partial charge in [0.25, 0.3) is 0 Å². The van der Waals surface area contributed by atoms with Crippen molar-refractivity contribution in [2.75, 3.05) is 16.8 Å². The average Bonchev–Trinajstić information content (AvgIpc) is 3.19. The number of rotatable bonds is 5. The number of nitrogens with one attached hydrogen (secondary N) is 2. The molecule has 3 amide bonds. The van der Waals surface area contributed by atoms with E-state index in [4.69, 9.17) is 11.6 Å². The van der Waals surface area contributed by atoms with Crippen LogP contribution in [-0.2, 0) is 17.6 Å². The first-order valence-electron chi connectivity index (χ1n) is 9.87. The Labute approximate surface area is 180 Å². The van der Waals surface area contributed by atoms with Crippen molar-refractivity contribution in [1.82, 2.24) is 5.32 Å². The lowest BCUT2D eigenvalue weighted by Gasteiger charge is -2.25. The van der Waals surface area contributed by atoms with Crippen molar-refractivity contribution in [3.63, 3.8) is 0 Å². The summed E-state index contributed by atoms with van der Waals surface area (Å²) in [5.41, 5.74) is 3.52. The molecule has 0 unspecified atom stereocenters. The zero-order valence-electron chi connectivity index (χ0n) is 16.3. The van der Waals surface area contributed by atoms with Crippen molar-refractivity contribution in [1.29, 1.82) is 0 Å². The Bertz CT molecular complexity index is 1060. The minimum atomic E-state index is -0.707. The summed E-state index contributed by atoms with van der Waals surface area (Å²) in [7, 11) is 0. The standard InChI is InChI=1S/C24H22ClN3O2/c25-19-11-5-6-12-20(19)26-24(30)27-21(16-17-8-2-1-3-9-17)23(29)28-15-14-18-10-4-7-13-22(18)28/h1-13,21H,14-16H2,(H2,26,27,30)/t21-/m0/s1. The number of urea groups is 1. The topological polar surface area (TPSA) is 61.4 Å². The molecule has 0 bridgehead atoms. The summed E-state index contributed by atoms with van der Waals surface area (Å²) in [6.45, 7) is 0.608. The van der Waals surface area contributed by atoms with Crippen LogP contribution in [0.2, 0.25) is 5.02 Å². The SMILES string of the molecule is O=C(Nc1ccccc1Cl)N[C@@H](Cc1ccccc1)C(=O)N1CCc2ccccc21. The second-order valence-corrected chi connectivity index (χ2v) is 7.60. The molecule has 2 N–H and O–H groups in total. The van der Waals surface area contributed by atoms with E-state index in [0.717, 1.165) is 23.2 Å². The van der Waals surface area contributed by atoms with Crippen LogP contribution in [0, 0.1) is 0 Å². The van der Waals surface area contributed by atoms with E-state index in [0.29, 0.717) is 23.7 Å². The Kier molecular flexibility index (Phi) is 6.00. The summed E-state index contributed by atoms with van der Waals surface area (Å²) in [5, 5.41) is 6.02. The smallest absolute Gasteiger partial charge is 0.319 e. The maximum atomic E-state index is 13.4. The zero-order chi connectivity index (χ0) is 20.9. The van der Waals surface area contributed by atoms with Crippen LogP contribution in [0.4, 0.5) is 16.2 Å². The summed E-state index contributed by atoms with van der Waals surface area (Å²) < 4.78 is 0. The number of amides is 3. The molecule has 0 saturated carbocycles. The molecule has 0 aromatic heterocycles. The molecular weight excluding hydrogens is 398 g/mol. The van der Waals surface area contributed by atoms with E-state index < -0.39 is 12.1 Å². The van der Waals surface area contributed by atoms with Gasteiger partial charge in [0.05, 0.1) is 10.7 Å². The lowest BCUT2D eigenvalue weighted by molar-refractivity contribution is -0.120. The average molecular weight is 420 g/mol. The second kappa shape index (κ2) is 9.01. The predicted octanol–water partition coefficient (Wildman–Crippen LogP) is 4.66. The highest BCUT2D eigenvalue weighted by molar-refractivity contribution is 6.33. The third kappa shape index (κ3) is 4.47. The first-order valence-corrected chi connectivity index (χ1v) is 10.2. The van der Waals surface area contributed by atoms with Gasteiger partial charge in [0.15, 0.2) is 0 Å². The number of hydrogen-bond donors (Lipinski definition) is 2. The summed E-state index contributed by atoms with van der Waals surface area (Å²) in [4.78, 5) is 27.9. The van der Waals surface area contributed by atoms with E-state index in [1.807, 2.05) is 54.6 Å². The van der Waals surface area contributed by atoms with Gasteiger partial charge in [0, 0.05) is 18.7 Å². The number of carbonyl (C=O) groups excluding carboxylic acids is 2. The molecule has 1 heterocycles. The molecule has 1 aliphatic rings. The minimum absolute atomic E-state index is 0.127. The van der Waals surface area contributed by atoms with Crippen LogP contribution in [0.15, 0.2) is 78.9 Å². The van der Waals surface area contributed by atoms with Gasteiger partial charge >= 0.3 is 6.03 Å². The van der Waals surface area contributed by atoms with Crippen LogP contribution in [-0.4, -0.2) is 24.5 Å². The third-order valence-electron chi connectivity index (χ3n) is 5.16. The molecule has 0 radical (unpaired) electrons. The number of halogens is 1. The van der Waals surface area contributed by atoms with E-state index in [9.17, 15) is 9.59 Å². The van der Waals surface area contributed by atoms with Crippen molar-refractivity contribution in [2.45, 2.75) is 18.9 Å². The Morgan fingerprint density at radius 2 is 1.63 bits per heavy atom. The fraction of sp³-hybridized carbons (Fsp3) is 0.167. The molecule has 152 valence electrons. The maximum absolute atomic E-state index is 13.4. The highest BCUT2D eigenvalue weighted by atomic mass is 35.5. The summed E-state index contributed by atoms with van der Waals surface area (Å²) in [6.07, 6.45) is 1.21. The molecule has 0 spiro atoms. The molecule has 5 nitrogen and oxygen atoms in total. The number of hydrogen-bond acceptors (Lipinski definition) is 2. The molecule has 3 aromatic rings. The van der Waals surface area contributed by atoms with Crippen molar-refractivity contribution in [3.8, 4) is 0 Å². The van der Waals surface area contributed by atoms with Crippen LogP contribution in [0.5, 0.6) is 0 Å². The Morgan fingerprint density at radius 3 is 2.43 bits per heavy atom. The fourth-order valence-electron chi connectivity index (χ4n) is 3.68. The van der Waals surface area contributed by atoms with Gasteiger partial charge in [-0.25, -0.2) is 4.79 Å². The highest BCUT2D eigenvalue weighted by Crippen LogP contribution is 2.28. The quantitative estimate of drug-likeness (QED) is 0.631. The normalized spacial score (nSPS) is 13.4. The number of carbonyl (C=O) groups is 2. The first kappa shape index (κ1) is 20.0. The first-order chi connectivity index (χ1) is 14.6. The van der Waals surface area contributed by atoms with E-state index in [-0.39, 0.29) is 5.91 Å². The highest BCUT2D eigenvalue weighted by Gasteiger charge is 2.31. The summed E-state index contributed by atoms with van der Waals surface area (Å²) >= 11 is 6.14. The van der Waals surface area contributed by atoms with Gasteiger partial charge in [-0.1, -0.05) is 72.3 Å². The summed E-state index contributed by atoms with van der Waals surface area (Å²) in [5.74, 6) is -0.127. The van der Waals surface area contributed by atoms with Crippen molar-refractivity contribution in [3.05, 3.63) is 95.0 Å². The van der Waals surface area contributed by atoms with Crippen LogP contribution in [0.1, 0.15) is 11.1 Å². The molecule has 30 heavy (non-hydrogen) atoms. The second-order valence-electron chi connectivity index (χ2n) is 7.19. The van der Waals surface area contributed by atoms with Gasteiger partial charge in [0.1, 0.15) is 6.04 Å². The molecule has 0 saturated heterocycles. The number of para-hydroxylation sites is 2. The molecule has 1 aliphatic heterocycles. The molecule has 0 fully saturated rings. The zero-order valence-corrected chi connectivity index (χ0v) is 17.1. The molecule has 6 heteroatoms. The molecule has 0 aliphatic carbocycles. The largest absolute Gasteiger partial charge is 0.326 e. The molecule has 3 aromatic carbocycles. The van der Waals surface area contributed by atoms with Crippen LogP contribution < -0.4 is 15.5 Å². The van der Waals surface area contributed by atoms with Gasteiger partial charge in [-0.3, -0.25) is 4.79 Å². The van der Waals surface area contributed by atoms with Gasteiger partial charge in [-0.05, 0) is 35.7 Å². The van der Waals surface area contributed by atoms with Crippen molar-refractivity contribution in [2.24, 2.45) is 0 Å². The van der Waals surface area contributed by atoms with Gasteiger partial charge < -0.3 is 15.5 Å². The number of nitrogens with zero attached hydrogens (tertiary/aromatic N) is 1. The van der Waals surface area contributed by atoms with Crippen molar-refractivity contribution < 1.29 is 9.59 Å². The maximum Gasteiger partial charge on any atom is 0.319 e. The third-order valence-corrected chi connectivity index (χ3v) is 5.49. The fourth-order valence-corrected chi connectivity index (χ4v) is 3.87. The summed E-state index contributed by atoms with van der Waals surface area (Å²) in [6, 6.07) is 23.4. The lowest BCUT2D eigenvalue weighted by atomic mass is 10.0. The van der Waals surface area contributed by atoms with Gasteiger partial charge in [0.2, 0.25) is 5.91 Å². The Hall–Kier alpha value is -3.31. The van der Waals surface area contributed by atoms with E-state index >= 15 is 0 Å². The lowest BCUT2D eigenvalue weighted by Crippen LogP contribution is -2.50. The minimum Gasteiger partial charge on any atom is -0.326 e. The van der Waals surface area contributed by atoms with Crippen LogP contribution in [0.3, 0.4) is 0 Å². The van der Waals surface area contributed by atoms with Gasteiger partial charge in [-0.2, -0.15) is 0 Å².